The molecular formula is C23H44O4. The summed E-state index contributed by atoms with van der Waals surface area (Å²) >= 11 is 0. The van der Waals surface area contributed by atoms with Crippen LogP contribution >= 0.6 is 0 Å². The van der Waals surface area contributed by atoms with Crippen LogP contribution in [0, 0.1) is 0 Å². The topological polar surface area (TPSA) is 63.6 Å². The SMILES string of the molecule is CCCCCCC(CCCCCCCCCCC(=O)O)OC(=O)CCCC. The number of esters is 1. The smallest absolute Gasteiger partial charge is 0.306 e. The van der Waals surface area contributed by atoms with Crippen LogP contribution in [0.2, 0.25) is 0 Å². The standard InChI is InChI=1S/C23H44O4/c1-3-5-7-14-17-21(27-23(26)20-6-4-2)18-15-12-10-8-9-11-13-16-19-22(24)25/h21H,3-20H2,1-2H3,(H,24,25). The third-order valence-electron chi connectivity index (χ3n) is 5.08. The zero-order valence-corrected chi connectivity index (χ0v) is 18.0. The zero-order valence-electron chi connectivity index (χ0n) is 18.0. The van der Waals surface area contributed by atoms with E-state index in [1.165, 1.54) is 44.9 Å². The maximum Gasteiger partial charge on any atom is 0.306 e. The van der Waals surface area contributed by atoms with Crippen molar-refractivity contribution in [3.63, 3.8) is 0 Å². The monoisotopic (exact) mass is 384 g/mol. The van der Waals surface area contributed by atoms with Crippen LogP contribution in [0.3, 0.4) is 0 Å². The summed E-state index contributed by atoms with van der Waals surface area (Å²) in [5, 5.41) is 8.60. The highest BCUT2D eigenvalue weighted by molar-refractivity contribution is 5.69. The predicted molar refractivity (Wildman–Crippen MR) is 112 cm³/mol. The molecule has 0 saturated carbocycles. The molecule has 0 bridgehead atoms. The Bertz CT molecular complexity index is 354. The molecule has 0 aromatic carbocycles. The molecule has 0 amide bonds. The van der Waals surface area contributed by atoms with Crippen molar-refractivity contribution in [2.24, 2.45) is 0 Å². The van der Waals surface area contributed by atoms with E-state index in [0.29, 0.717) is 12.8 Å². The third kappa shape index (κ3) is 19.5. The van der Waals surface area contributed by atoms with E-state index in [9.17, 15) is 9.59 Å². The molecule has 0 rings (SSSR count). The molecule has 0 aliphatic carbocycles. The fourth-order valence-corrected chi connectivity index (χ4v) is 3.34. The normalized spacial score (nSPS) is 12.1. The second-order valence-electron chi connectivity index (χ2n) is 7.83. The molecular weight excluding hydrogens is 340 g/mol. The molecule has 0 fully saturated rings. The lowest BCUT2D eigenvalue weighted by Crippen LogP contribution is -2.18. The summed E-state index contributed by atoms with van der Waals surface area (Å²) in [5.74, 6) is -0.701. The number of hydrogen-bond acceptors (Lipinski definition) is 3. The van der Waals surface area contributed by atoms with Crippen molar-refractivity contribution in [3.8, 4) is 0 Å². The lowest BCUT2D eigenvalue weighted by molar-refractivity contribution is -0.150. The van der Waals surface area contributed by atoms with Gasteiger partial charge < -0.3 is 9.84 Å². The van der Waals surface area contributed by atoms with Gasteiger partial charge in [-0.25, -0.2) is 0 Å². The van der Waals surface area contributed by atoms with Crippen LogP contribution in [0.5, 0.6) is 0 Å². The first-order chi connectivity index (χ1) is 13.1. The summed E-state index contributed by atoms with van der Waals surface area (Å²) in [4.78, 5) is 22.4. The number of carboxylic acid groups (broad SMARTS) is 1. The Morgan fingerprint density at radius 3 is 1.67 bits per heavy atom. The highest BCUT2D eigenvalue weighted by Gasteiger charge is 2.13. The quantitative estimate of drug-likeness (QED) is 0.180. The van der Waals surface area contributed by atoms with E-state index in [4.69, 9.17) is 9.84 Å². The van der Waals surface area contributed by atoms with Gasteiger partial charge in [0.15, 0.2) is 0 Å². The Balaban J connectivity index is 3.79. The highest BCUT2D eigenvalue weighted by atomic mass is 16.5. The summed E-state index contributed by atoms with van der Waals surface area (Å²) < 4.78 is 5.74. The number of hydrogen-bond donors (Lipinski definition) is 1. The number of carboxylic acids is 1. The Labute approximate surface area is 167 Å². The van der Waals surface area contributed by atoms with E-state index >= 15 is 0 Å². The molecule has 0 aliphatic rings. The zero-order chi connectivity index (χ0) is 20.2. The van der Waals surface area contributed by atoms with Gasteiger partial charge in [0.2, 0.25) is 0 Å². The van der Waals surface area contributed by atoms with Crippen molar-refractivity contribution in [3.05, 3.63) is 0 Å². The van der Waals surface area contributed by atoms with Gasteiger partial charge in [-0.1, -0.05) is 78.1 Å². The average Bonchev–Trinajstić information content (AvgIpc) is 2.64. The number of ether oxygens (including phenoxy) is 1. The second kappa shape index (κ2) is 19.7. The van der Waals surface area contributed by atoms with Gasteiger partial charge in [-0.3, -0.25) is 9.59 Å². The summed E-state index contributed by atoms with van der Waals surface area (Å²) in [6.07, 6.45) is 18.8. The lowest BCUT2D eigenvalue weighted by atomic mass is 10.0. The summed E-state index contributed by atoms with van der Waals surface area (Å²) in [7, 11) is 0. The van der Waals surface area contributed by atoms with Crippen LogP contribution in [0.15, 0.2) is 0 Å². The molecule has 0 radical (unpaired) electrons. The largest absolute Gasteiger partial charge is 0.481 e. The van der Waals surface area contributed by atoms with Gasteiger partial charge in [-0.05, 0) is 38.5 Å². The van der Waals surface area contributed by atoms with E-state index in [1.807, 2.05) is 0 Å². The van der Waals surface area contributed by atoms with E-state index in [2.05, 4.69) is 13.8 Å². The molecule has 0 aromatic heterocycles. The van der Waals surface area contributed by atoms with Gasteiger partial charge in [0, 0.05) is 12.8 Å². The first-order valence-corrected chi connectivity index (χ1v) is 11.5. The Morgan fingerprint density at radius 1 is 0.667 bits per heavy atom. The number of aliphatic carboxylic acids is 1. The summed E-state index contributed by atoms with van der Waals surface area (Å²) in [6.45, 7) is 4.32. The van der Waals surface area contributed by atoms with Crippen molar-refractivity contribution in [2.75, 3.05) is 0 Å². The molecule has 0 heterocycles. The molecule has 1 unspecified atom stereocenters. The van der Waals surface area contributed by atoms with Gasteiger partial charge in [0.1, 0.15) is 6.10 Å². The molecule has 1 atom stereocenters. The summed E-state index contributed by atoms with van der Waals surface area (Å²) in [5.41, 5.74) is 0. The van der Waals surface area contributed by atoms with E-state index < -0.39 is 5.97 Å². The second-order valence-corrected chi connectivity index (χ2v) is 7.83. The molecule has 0 aliphatic heterocycles. The van der Waals surface area contributed by atoms with Crippen LogP contribution in [-0.2, 0) is 14.3 Å². The minimum atomic E-state index is -0.686. The van der Waals surface area contributed by atoms with Crippen molar-refractivity contribution in [1.29, 1.82) is 0 Å². The average molecular weight is 385 g/mol. The lowest BCUT2D eigenvalue weighted by Gasteiger charge is -2.18. The first-order valence-electron chi connectivity index (χ1n) is 11.5. The van der Waals surface area contributed by atoms with Gasteiger partial charge >= 0.3 is 11.9 Å². The molecule has 27 heavy (non-hydrogen) atoms. The number of rotatable bonds is 20. The van der Waals surface area contributed by atoms with Gasteiger partial charge in [-0.2, -0.15) is 0 Å². The molecule has 4 nitrogen and oxygen atoms in total. The molecule has 0 spiro atoms. The maximum atomic E-state index is 11.9. The van der Waals surface area contributed by atoms with Crippen molar-refractivity contribution in [2.45, 2.75) is 136 Å². The Kier molecular flexibility index (Phi) is 18.9. The van der Waals surface area contributed by atoms with Crippen LogP contribution in [0.25, 0.3) is 0 Å². The maximum absolute atomic E-state index is 11.9. The molecule has 160 valence electrons. The van der Waals surface area contributed by atoms with E-state index in [-0.39, 0.29) is 12.1 Å². The van der Waals surface area contributed by atoms with Crippen LogP contribution < -0.4 is 0 Å². The van der Waals surface area contributed by atoms with Crippen molar-refractivity contribution in [1.82, 2.24) is 0 Å². The number of carbonyl (C=O) groups is 2. The van der Waals surface area contributed by atoms with Crippen LogP contribution in [0.4, 0.5) is 0 Å². The summed E-state index contributed by atoms with van der Waals surface area (Å²) in [6, 6.07) is 0. The molecule has 0 saturated heterocycles. The van der Waals surface area contributed by atoms with Crippen molar-refractivity contribution < 1.29 is 19.4 Å². The fourth-order valence-electron chi connectivity index (χ4n) is 3.34. The van der Waals surface area contributed by atoms with E-state index in [1.54, 1.807) is 0 Å². The highest BCUT2D eigenvalue weighted by Crippen LogP contribution is 2.17. The van der Waals surface area contributed by atoms with Crippen LogP contribution in [0.1, 0.15) is 129 Å². The van der Waals surface area contributed by atoms with E-state index in [0.717, 1.165) is 57.8 Å². The molecule has 4 heteroatoms. The number of unbranched alkanes of at least 4 members (excludes halogenated alkanes) is 11. The van der Waals surface area contributed by atoms with Gasteiger partial charge in [0.05, 0.1) is 0 Å². The van der Waals surface area contributed by atoms with Crippen molar-refractivity contribution >= 4 is 11.9 Å². The third-order valence-corrected chi connectivity index (χ3v) is 5.08. The first kappa shape index (κ1) is 25.9. The predicted octanol–water partition coefficient (Wildman–Crippen LogP) is 7.04. The van der Waals surface area contributed by atoms with Gasteiger partial charge in [-0.15, -0.1) is 0 Å². The Hall–Kier alpha value is -1.06. The fraction of sp³-hybridized carbons (Fsp3) is 0.913. The van der Waals surface area contributed by atoms with Gasteiger partial charge in [0.25, 0.3) is 0 Å². The minimum Gasteiger partial charge on any atom is -0.481 e. The van der Waals surface area contributed by atoms with Crippen LogP contribution in [-0.4, -0.2) is 23.1 Å². The Morgan fingerprint density at radius 2 is 1.15 bits per heavy atom. The number of carbonyl (C=O) groups excluding carboxylic acids is 1. The molecule has 0 aromatic rings. The molecule has 1 N–H and O–H groups in total. The minimum absolute atomic E-state index is 0.0151.